The number of rotatable bonds is 6. The lowest BCUT2D eigenvalue weighted by atomic mass is 10.1. The van der Waals surface area contributed by atoms with Gasteiger partial charge in [0.25, 0.3) is 5.91 Å². The Hall–Kier alpha value is -3.03. The van der Waals surface area contributed by atoms with E-state index in [-0.39, 0.29) is 12.0 Å². The van der Waals surface area contributed by atoms with E-state index >= 15 is 0 Å². The molecule has 1 aliphatic rings. The highest BCUT2D eigenvalue weighted by Gasteiger charge is 2.30. The van der Waals surface area contributed by atoms with Crippen molar-refractivity contribution in [3.63, 3.8) is 0 Å². The van der Waals surface area contributed by atoms with Gasteiger partial charge in [-0.15, -0.1) is 10.2 Å². The molecule has 0 bridgehead atoms. The molecule has 0 spiro atoms. The van der Waals surface area contributed by atoms with Crippen LogP contribution in [0.15, 0.2) is 30.3 Å². The Kier molecular flexibility index (Phi) is 5.40. The molecule has 138 valence electrons. The summed E-state index contributed by atoms with van der Waals surface area (Å²) in [6.45, 7) is 1.07. The van der Waals surface area contributed by atoms with Crippen molar-refractivity contribution in [3.8, 4) is 23.3 Å². The molecule has 3 rings (SSSR count). The average molecular weight is 359 g/mol. The fraction of sp³-hybridized carbons (Fsp3) is 0.389. The molecule has 1 aromatic carbocycles. The number of aromatic nitrogens is 2. The van der Waals surface area contributed by atoms with Gasteiger partial charge < -0.3 is 23.8 Å². The normalized spacial score (nSPS) is 16.3. The number of benzene rings is 1. The quantitative estimate of drug-likeness (QED) is 0.777. The first-order valence-corrected chi connectivity index (χ1v) is 8.20. The highest BCUT2D eigenvalue weighted by molar-refractivity contribution is 5.97. The SMILES string of the molecule is COc1ccc(C(=O)N2CCC(Oc3ccc(OC)nn3)C2)c(OC)c1. The lowest BCUT2D eigenvalue weighted by Gasteiger charge is -2.18. The Labute approximate surface area is 151 Å². The zero-order valence-electron chi connectivity index (χ0n) is 15.0. The van der Waals surface area contributed by atoms with Crippen LogP contribution in [0.5, 0.6) is 23.3 Å². The van der Waals surface area contributed by atoms with E-state index in [0.717, 1.165) is 6.42 Å². The molecule has 26 heavy (non-hydrogen) atoms. The number of nitrogens with zero attached hydrogens (tertiary/aromatic N) is 3. The van der Waals surface area contributed by atoms with Crippen LogP contribution in [-0.2, 0) is 0 Å². The minimum Gasteiger partial charge on any atom is -0.497 e. The summed E-state index contributed by atoms with van der Waals surface area (Å²) in [6.07, 6.45) is 0.587. The molecule has 1 saturated heterocycles. The van der Waals surface area contributed by atoms with Gasteiger partial charge in [0.1, 0.15) is 17.6 Å². The molecule has 1 atom stereocenters. The molecule has 2 heterocycles. The fourth-order valence-electron chi connectivity index (χ4n) is 2.80. The second-order valence-electron chi connectivity index (χ2n) is 5.76. The van der Waals surface area contributed by atoms with Crippen LogP contribution in [0.2, 0.25) is 0 Å². The van der Waals surface area contributed by atoms with Crippen molar-refractivity contribution in [3.05, 3.63) is 35.9 Å². The van der Waals surface area contributed by atoms with Crippen molar-refractivity contribution in [2.24, 2.45) is 0 Å². The number of methoxy groups -OCH3 is 3. The number of likely N-dealkylation sites (tertiary alicyclic amines) is 1. The van der Waals surface area contributed by atoms with Crippen molar-refractivity contribution in [2.75, 3.05) is 34.4 Å². The Balaban J connectivity index is 1.65. The summed E-state index contributed by atoms with van der Waals surface area (Å²) in [5.41, 5.74) is 0.498. The maximum atomic E-state index is 12.8. The molecule has 8 nitrogen and oxygen atoms in total. The molecular weight excluding hydrogens is 338 g/mol. The van der Waals surface area contributed by atoms with E-state index in [9.17, 15) is 4.79 Å². The monoisotopic (exact) mass is 359 g/mol. The first-order chi connectivity index (χ1) is 12.6. The maximum Gasteiger partial charge on any atom is 0.257 e. The largest absolute Gasteiger partial charge is 0.497 e. The summed E-state index contributed by atoms with van der Waals surface area (Å²) >= 11 is 0. The lowest BCUT2D eigenvalue weighted by Crippen LogP contribution is -2.31. The van der Waals surface area contributed by atoms with Gasteiger partial charge in [0.05, 0.1) is 33.4 Å². The Morgan fingerprint density at radius 3 is 2.46 bits per heavy atom. The minimum absolute atomic E-state index is 0.101. The molecule has 1 amide bonds. The number of carbonyl (C=O) groups is 1. The number of amides is 1. The minimum atomic E-state index is -0.133. The topological polar surface area (TPSA) is 83.0 Å². The lowest BCUT2D eigenvalue weighted by molar-refractivity contribution is 0.0767. The predicted molar refractivity (Wildman–Crippen MR) is 93.1 cm³/mol. The van der Waals surface area contributed by atoms with E-state index in [1.165, 1.54) is 14.2 Å². The van der Waals surface area contributed by atoms with Gasteiger partial charge in [-0.2, -0.15) is 0 Å². The van der Waals surface area contributed by atoms with E-state index in [1.54, 1.807) is 42.3 Å². The molecule has 1 unspecified atom stereocenters. The van der Waals surface area contributed by atoms with Crippen LogP contribution < -0.4 is 18.9 Å². The fourth-order valence-corrected chi connectivity index (χ4v) is 2.80. The third kappa shape index (κ3) is 3.79. The van der Waals surface area contributed by atoms with E-state index in [2.05, 4.69) is 10.2 Å². The Morgan fingerprint density at radius 1 is 1.04 bits per heavy atom. The second kappa shape index (κ2) is 7.90. The van der Waals surface area contributed by atoms with Crippen LogP contribution in [0.3, 0.4) is 0 Å². The van der Waals surface area contributed by atoms with Gasteiger partial charge in [-0.25, -0.2) is 0 Å². The number of carbonyl (C=O) groups excluding carboxylic acids is 1. The average Bonchev–Trinajstić information content (AvgIpc) is 3.16. The van der Waals surface area contributed by atoms with Gasteiger partial charge in [-0.1, -0.05) is 0 Å². The third-order valence-electron chi connectivity index (χ3n) is 4.18. The smallest absolute Gasteiger partial charge is 0.257 e. The highest BCUT2D eigenvalue weighted by atomic mass is 16.5. The van der Waals surface area contributed by atoms with Crippen LogP contribution >= 0.6 is 0 Å². The molecule has 1 fully saturated rings. The number of hydrogen-bond donors (Lipinski definition) is 0. The van der Waals surface area contributed by atoms with Gasteiger partial charge >= 0.3 is 0 Å². The molecule has 1 aliphatic heterocycles. The predicted octanol–water partition coefficient (Wildman–Crippen LogP) is 1.80. The molecule has 0 saturated carbocycles. The summed E-state index contributed by atoms with van der Waals surface area (Å²) in [5, 5.41) is 7.83. The van der Waals surface area contributed by atoms with Crippen molar-refractivity contribution >= 4 is 5.91 Å². The van der Waals surface area contributed by atoms with E-state index < -0.39 is 0 Å². The Bertz CT molecular complexity index is 766. The molecule has 0 N–H and O–H groups in total. The van der Waals surface area contributed by atoms with Gasteiger partial charge in [0, 0.05) is 31.2 Å². The van der Waals surface area contributed by atoms with Crippen LogP contribution in [0.1, 0.15) is 16.8 Å². The summed E-state index contributed by atoms with van der Waals surface area (Å²) in [4.78, 5) is 14.6. The third-order valence-corrected chi connectivity index (χ3v) is 4.18. The molecule has 1 aromatic heterocycles. The van der Waals surface area contributed by atoms with Crippen LogP contribution in [0, 0.1) is 0 Å². The zero-order chi connectivity index (χ0) is 18.5. The first kappa shape index (κ1) is 17.8. The van der Waals surface area contributed by atoms with Crippen LogP contribution in [0.4, 0.5) is 0 Å². The van der Waals surface area contributed by atoms with Crippen molar-refractivity contribution in [2.45, 2.75) is 12.5 Å². The van der Waals surface area contributed by atoms with Crippen LogP contribution in [0.25, 0.3) is 0 Å². The van der Waals surface area contributed by atoms with Gasteiger partial charge in [0.15, 0.2) is 0 Å². The van der Waals surface area contributed by atoms with E-state index in [4.69, 9.17) is 18.9 Å². The van der Waals surface area contributed by atoms with Crippen molar-refractivity contribution in [1.29, 1.82) is 0 Å². The Morgan fingerprint density at radius 2 is 1.81 bits per heavy atom. The van der Waals surface area contributed by atoms with E-state index in [0.29, 0.717) is 41.9 Å². The second-order valence-corrected chi connectivity index (χ2v) is 5.76. The summed E-state index contributed by atoms with van der Waals surface area (Å²) in [6, 6.07) is 8.53. The standard InChI is InChI=1S/C18H21N3O5/c1-23-12-4-5-14(15(10-12)24-2)18(22)21-9-8-13(11-21)26-17-7-6-16(25-3)19-20-17/h4-7,10,13H,8-9,11H2,1-3H3. The van der Waals surface area contributed by atoms with Gasteiger partial charge in [-0.05, 0) is 12.1 Å². The van der Waals surface area contributed by atoms with Crippen molar-refractivity contribution < 1.29 is 23.7 Å². The number of hydrogen-bond acceptors (Lipinski definition) is 7. The highest BCUT2D eigenvalue weighted by Crippen LogP contribution is 2.27. The zero-order valence-corrected chi connectivity index (χ0v) is 15.0. The maximum absolute atomic E-state index is 12.8. The van der Waals surface area contributed by atoms with Crippen molar-refractivity contribution in [1.82, 2.24) is 15.1 Å². The summed E-state index contributed by atoms with van der Waals surface area (Å²) < 4.78 is 21.3. The first-order valence-electron chi connectivity index (χ1n) is 8.20. The summed E-state index contributed by atoms with van der Waals surface area (Å²) in [7, 11) is 4.63. The molecular formula is C18H21N3O5. The molecule has 2 aromatic rings. The molecule has 0 aliphatic carbocycles. The van der Waals surface area contributed by atoms with Gasteiger partial charge in [-0.3, -0.25) is 4.79 Å². The number of ether oxygens (including phenoxy) is 4. The molecule has 8 heteroatoms. The van der Waals surface area contributed by atoms with E-state index in [1.807, 2.05) is 0 Å². The van der Waals surface area contributed by atoms with Gasteiger partial charge in [0.2, 0.25) is 11.8 Å². The molecule has 0 radical (unpaired) electrons. The summed E-state index contributed by atoms with van der Waals surface area (Å²) in [5.74, 6) is 1.86. The van der Waals surface area contributed by atoms with Crippen LogP contribution in [-0.4, -0.2) is 61.5 Å².